The van der Waals surface area contributed by atoms with Crippen molar-refractivity contribution in [3.63, 3.8) is 0 Å². The van der Waals surface area contributed by atoms with E-state index in [-0.39, 0.29) is 47.1 Å². The monoisotopic (exact) mass is 461 g/mol. The highest BCUT2D eigenvalue weighted by Gasteiger charge is 2.45. The van der Waals surface area contributed by atoms with Gasteiger partial charge in [-0.15, -0.1) is 0 Å². The third kappa shape index (κ3) is 6.95. The molecule has 0 spiro atoms. The van der Waals surface area contributed by atoms with Gasteiger partial charge in [-0.2, -0.15) is 0 Å². The molecule has 0 aromatic heterocycles. The minimum absolute atomic E-state index is 0.00859. The quantitative estimate of drug-likeness (QED) is 0.618. The number of likely N-dealkylation sites (N-methyl/N-ethyl adjacent to an activating group) is 1. The first-order chi connectivity index (χ1) is 15.1. The average Bonchev–Trinajstić information content (AvgIpc) is 2.64. The molecule has 2 heterocycles. The fraction of sp³-hybridized carbons (Fsp3) is 0.704. The summed E-state index contributed by atoms with van der Waals surface area (Å²) in [4.78, 5) is 24.4. The van der Waals surface area contributed by atoms with Crippen LogP contribution in [0.2, 0.25) is 0 Å². The van der Waals surface area contributed by atoms with Crippen molar-refractivity contribution < 1.29 is 24.2 Å². The second-order valence-electron chi connectivity index (χ2n) is 11.5. The number of phenolic OH excluding ortho intramolecular Hbond substituents is 1. The molecular weight excluding hydrogens is 418 g/mol. The lowest BCUT2D eigenvalue weighted by Crippen LogP contribution is -2.60. The van der Waals surface area contributed by atoms with Crippen molar-refractivity contribution in [1.29, 1.82) is 0 Å². The maximum absolute atomic E-state index is 11.1. The highest BCUT2D eigenvalue weighted by atomic mass is 16.6. The minimum atomic E-state index is -0.214. The Kier molecular flexibility index (Phi) is 8.61. The van der Waals surface area contributed by atoms with Gasteiger partial charge >= 0.3 is 11.9 Å². The molecule has 186 valence electrons. The SMILES string of the molecule is CC(=O)OC1CCC2C(OC(C)=O)CCC1N2C.CC(C)(C)c1cccc(C(C)(C)C)c1O. The Bertz CT molecular complexity index is 772. The Morgan fingerprint density at radius 2 is 1.18 bits per heavy atom. The van der Waals surface area contributed by atoms with E-state index in [0.29, 0.717) is 5.75 Å². The van der Waals surface area contributed by atoms with Gasteiger partial charge in [0.1, 0.15) is 18.0 Å². The van der Waals surface area contributed by atoms with E-state index < -0.39 is 0 Å². The molecule has 3 rings (SSSR count). The molecule has 2 aliphatic heterocycles. The van der Waals surface area contributed by atoms with Crippen LogP contribution in [0.25, 0.3) is 0 Å². The lowest BCUT2D eigenvalue weighted by Gasteiger charge is -2.50. The molecule has 1 N–H and O–H groups in total. The van der Waals surface area contributed by atoms with Crippen molar-refractivity contribution in [2.45, 2.75) is 116 Å². The number of aromatic hydroxyl groups is 1. The van der Waals surface area contributed by atoms with Gasteiger partial charge in [0.2, 0.25) is 0 Å². The van der Waals surface area contributed by atoms with E-state index in [0.717, 1.165) is 36.8 Å². The average molecular weight is 462 g/mol. The van der Waals surface area contributed by atoms with Crippen LogP contribution in [0.15, 0.2) is 18.2 Å². The van der Waals surface area contributed by atoms with E-state index in [1.165, 1.54) is 13.8 Å². The first-order valence-corrected chi connectivity index (χ1v) is 12.0. The molecule has 0 amide bonds. The van der Waals surface area contributed by atoms with Gasteiger partial charge in [-0.1, -0.05) is 59.7 Å². The van der Waals surface area contributed by atoms with Crippen LogP contribution in [0.5, 0.6) is 5.75 Å². The van der Waals surface area contributed by atoms with Crippen molar-refractivity contribution in [1.82, 2.24) is 4.90 Å². The molecule has 6 heteroatoms. The standard InChI is InChI=1S/C14H22O.C13H21NO4/c1-13(2,3)10-8-7-9-11(12(10)15)14(4,5)6;1-8(15)17-12-6-4-11-13(18-9(2)16)7-5-10(12)14(11)3/h7-9,15H,1-6H3;10-13H,4-7H2,1-3H3. The molecule has 0 radical (unpaired) electrons. The van der Waals surface area contributed by atoms with Gasteiger partial charge < -0.3 is 14.6 Å². The number of ether oxygens (including phenoxy) is 2. The number of fused-ring (bicyclic) bond motifs is 2. The molecular formula is C27H43NO5. The third-order valence-corrected chi connectivity index (χ3v) is 6.69. The molecule has 0 aliphatic carbocycles. The van der Waals surface area contributed by atoms with Gasteiger partial charge in [-0.25, -0.2) is 0 Å². The van der Waals surface area contributed by atoms with E-state index in [1.807, 2.05) is 25.2 Å². The zero-order valence-electron chi connectivity index (χ0n) is 21.9. The Morgan fingerprint density at radius 1 is 0.818 bits per heavy atom. The molecule has 4 atom stereocenters. The van der Waals surface area contributed by atoms with E-state index in [2.05, 4.69) is 46.4 Å². The molecule has 6 nitrogen and oxygen atoms in total. The van der Waals surface area contributed by atoms with Gasteiger partial charge in [0.15, 0.2) is 0 Å². The molecule has 33 heavy (non-hydrogen) atoms. The van der Waals surface area contributed by atoms with Crippen LogP contribution in [0.3, 0.4) is 0 Å². The number of hydrogen-bond acceptors (Lipinski definition) is 6. The van der Waals surface area contributed by atoms with Crippen LogP contribution in [0.1, 0.15) is 92.2 Å². The number of nitrogens with zero attached hydrogens (tertiary/aromatic N) is 1. The summed E-state index contributed by atoms with van der Waals surface area (Å²) in [5, 5.41) is 10.3. The zero-order chi connectivity index (χ0) is 25.1. The molecule has 2 bridgehead atoms. The van der Waals surface area contributed by atoms with Gasteiger partial charge in [-0.3, -0.25) is 14.5 Å². The fourth-order valence-electron chi connectivity index (χ4n) is 5.06. The number of carbonyl (C=O) groups excluding carboxylic acids is 2. The predicted molar refractivity (Wildman–Crippen MR) is 130 cm³/mol. The van der Waals surface area contributed by atoms with Gasteiger partial charge in [0.25, 0.3) is 0 Å². The zero-order valence-corrected chi connectivity index (χ0v) is 21.9. The first-order valence-electron chi connectivity index (χ1n) is 12.0. The second kappa shape index (κ2) is 10.5. The third-order valence-electron chi connectivity index (χ3n) is 6.69. The summed E-state index contributed by atoms with van der Waals surface area (Å²) in [5.74, 6) is 0.0282. The van der Waals surface area contributed by atoms with Crippen LogP contribution in [-0.2, 0) is 29.9 Å². The van der Waals surface area contributed by atoms with Crippen molar-refractivity contribution in [3.05, 3.63) is 29.3 Å². The molecule has 2 fully saturated rings. The topological polar surface area (TPSA) is 76.1 Å². The van der Waals surface area contributed by atoms with Crippen molar-refractivity contribution >= 4 is 11.9 Å². The molecule has 4 unspecified atom stereocenters. The Hall–Kier alpha value is -2.08. The van der Waals surface area contributed by atoms with Gasteiger partial charge in [0, 0.05) is 25.9 Å². The summed E-state index contributed by atoms with van der Waals surface area (Å²) >= 11 is 0. The summed E-state index contributed by atoms with van der Waals surface area (Å²) in [5.41, 5.74) is 2.03. The molecule has 1 aromatic carbocycles. The van der Waals surface area contributed by atoms with Crippen molar-refractivity contribution in [2.24, 2.45) is 0 Å². The summed E-state index contributed by atoms with van der Waals surface area (Å²) in [6.07, 6.45) is 3.50. The van der Waals surface area contributed by atoms with Crippen LogP contribution in [0, 0.1) is 0 Å². The second-order valence-corrected chi connectivity index (χ2v) is 11.5. The number of para-hydroxylation sites is 1. The number of benzene rings is 1. The maximum atomic E-state index is 11.1. The Morgan fingerprint density at radius 3 is 1.48 bits per heavy atom. The Balaban J connectivity index is 0.000000238. The number of carbonyl (C=O) groups is 2. The molecule has 0 saturated carbocycles. The summed E-state index contributed by atoms with van der Waals surface area (Å²) in [6.45, 7) is 15.6. The lowest BCUT2D eigenvalue weighted by molar-refractivity contribution is -0.168. The predicted octanol–water partition coefficient (Wildman–Crippen LogP) is 5.09. The van der Waals surface area contributed by atoms with Crippen LogP contribution in [-0.4, -0.2) is 53.3 Å². The number of esters is 2. The number of hydrogen-bond donors (Lipinski definition) is 1. The number of rotatable bonds is 2. The van der Waals surface area contributed by atoms with Gasteiger partial charge in [-0.05, 0) is 54.7 Å². The fourth-order valence-corrected chi connectivity index (χ4v) is 5.06. The van der Waals surface area contributed by atoms with E-state index in [9.17, 15) is 14.7 Å². The number of phenols is 1. The largest absolute Gasteiger partial charge is 0.507 e. The lowest BCUT2D eigenvalue weighted by atomic mass is 9.80. The highest BCUT2D eigenvalue weighted by molar-refractivity contribution is 5.66. The van der Waals surface area contributed by atoms with Crippen LogP contribution < -0.4 is 0 Å². The van der Waals surface area contributed by atoms with E-state index >= 15 is 0 Å². The normalized spacial score (nSPS) is 25.5. The van der Waals surface area contributed by atoms with Gasteiger partial charge in [0.05, 0.1) is 0 Å². The molecule has 1 aromatic rings. The summed E-state index contributed by atoms with van der Waals surface area (Å²) in [6, 6.07) is 6.56. The first kappa shape index (κ1) is 27.2. The summed E-state index contributed by atoms with van der Waals surface area (Å²) in [7, 11) is 2.03. The number of piperidine rings is 2. The van der Waals surface area contributed by atoms with Crippen LogP contribution >= 0.6 is 0 Å². The Labute approximate surface area is 199 Å². The summed E-state index contributed by atoms with van der Waals surface area (Å²) < 4.78 is 10.8. The molecule has 2 saturated heterocycles. The highest BCUT2D eigenvalue weighted by Crippen LogP contribution is 2.38. The minimum Gasteiger partial charge on any atom is -0.507 e. The van der Waals surface area contributed by atoms with Crippen molar-refractivity contribution in [3.8, 4) is 5.75 Å². The van der Waals surface area contributed by atoms with E-state index in [4.69, 9.17) is 9.47 Å². The van der Waals surface area contributed by atoms with Crippen molar-refractivity contribution in [2.75, 3.05) is 7.05 Å². The van der Waals surface area contributed by atoms with Crippen LogP contribution in [0.4, 0.5) is 0 Å². The van der Waals surface area contributed by atoms with E-state index in [1.54, 1.807) is 0 Å². The smallest absolute Gasteiger partial charge is 0.302 e. The maximum Gasteiger partial charge on any atom is 0.302 e. The molecule has 2 aliphatic rings.